The van der Waals surface area contributed by atoms with Crippen LogP contribution in [0.2, 0.25) is 0 Å². The minimum atomic E-state index is -0.131. The second-order valence-electron chi connectivity index (χ2n) is 12.3. The van der Waals surface area contributed by atoms with Crippen molar-refractivity contribution >= 4 is 5.97 Å². The summed E-state index contributed by atoms with van der Waals surface area (Å²) < 4.78 is 12.7. The molecule has 0 aliphatic heterocycles. The summed E-state index contributed by atoms with van der Waals surface area (Å²) in [4.78, 5) is 12.7. The summed E-state index contributed by atoms with van der Waals surface area (Å²) in [5.74, 6) is 0.590. The van der Waals surface area contributed by atoms with Gasteiger partial charge in [0.25, 0.3) is 0 Å². The molecule has 40 heavy (non-hydrogen) atoms. The maximum Gasteiger partial charge on any atom is 0.309 e. The van der Waals surface area contributed by atoms with Crippen LogP contribution in [0, 0.1) is 5.92 Å². The van der Waals surface area contributed by atoms with Gasteiger partial charge in [-0.05, 0) is 37.0 Å². The van der Waals surface area contributed by atoms with E-state index >= 15 is 0 Å². The largest absolute Gasteiger partial charge is 0.487 e. The van der Waals surface area contributed by atoms with Gasteiger partial charge in [0.15, 0.2) is 0 Å². The summed E-state index contributed by atoms with van der Waals surface area (Å²) in [6.45, 7) is 8.49. The smallest absolute Gasteiger partial charge is 0.309 e. The molecule has 2 rings (SSSR count). The van der Waals surface area contributed by atoms with Crippen LogP contribution < -0.4 is 4.74 Å². The normalized spacial score (nSPS) is 13.1. The monoisotopic (exact) mass is 552 g/mol. The predicted octanol–water partition coefficient (Wildman–Crippen LogP) is 9.15. The number of esters is 1. The van der Waals surface area contributed by atoms with Crippen molar-refractivity contribution in [2.75, 3.05) is 27.2 Å². The molecule has 2 atom stereocenters. The maximum absolute atomic E-state index is 12.7. The number of quaternary nitrogens is 1. The maximum atomic E-state index is 12.7. The Kier molecular flexibility index (Phi) is 16.7. The molecule has 0 radical (unpaired) electrons. The van der Waals surface area contributed by atoms with Crippen molar-refractivity contribution in [1.82, 2.24) is 0 Å². The van der Waals surface area contributed by atoms with E-state index in [4.69, 9.17) is 9.47 Å². The first-order valence-corrected chi connectivity index (χ1v) is 16.1. The van der Waals surface area contributed by atoms with Gasteiger partial charge in [0.05, 0.1) is 26.6 Å². The lowest BCUT2D eigenvalue weighted by molar-refractivity contribution is -0.904. The van der Waals surface area contributed by atoms with Gasteiger partial charge in [-0.2, -0.15) is 0 Å². The number of carbonyl (C=O) groups is 1. The van der Waals surface area contributed by atoms with Crippen molar-refractivity contribution in [3.05, 3.63) is 65.7 Å². The molecule has 2 aromatic carbocycles. The van der Waals surface area contributed by atoms with Crippen molar-refractivity contribution < 1.29 is 18.8 Å². The van der Waals surface area contributed by atoms with Crippen molar-refractivity contribution in [1.29, 1.82) is 0 Å². The van der Waals surface area contributed by atoms with Gasteiger partial charge in [-0.15, -0.1) is 0 Å². The number of unbranched alkanes of at least 4 members (excludes halogenated alkanes) is 9. The highest BCUT2D eigenvalue weighted by molar-refractivity contribution is 5.71. The molecular weight excluding hydrogens is 494 g/mol. The number of aryl methyl sites for hydroxylation is 1. The number of carbonyl (C=O) groups excluding carboxylic acids is 1. The van der Waals surface area contributed by atoms with E-state index in [2.05, 4.69) is 76.5 Å². The van der Waals surface area contributed by atoms with E-state index in [-0.39, 0.29) is 18.0 Å². The lowest BCUT2D eigenvalue weighted by Crippen LogP contribution is -2.40. The van der Waals surface area contributed by atoms with E-state index in [0.29, 0.717) is 6.61 Å². The lowest BCUT2D eigenvalue weighted by atomic mass is 10.0. The van der Waals surface area contributed by atoms with Crippen LogP contribution in [0.25, 0.3) is 0 Å². The molecule has 0 N–H and O–H groups in total. The summed E-state index contributed by atoms with van der Waals surface area (Å²) in [6, 6.07) is 19.0. The van der Waals surface area contributed by atoms with Crippen LogP contribution in [-0.2, 0) is 22.5 Å². The fraction of sp³-hybridized carbons (Fsp3) is 0.639. The van der Waals surface area contributed by atoms with Crippen LogP contribution in [0.4, 0.5) is 0 Å². The number of hydrogen-bond donors (Lipinski definition) is 0. The molecule has 0 saturated heterocycles. The molecule has 4 heteroatoms. The SMILES string of the molecule is CCCCCCCCCCCCc1ccc(OC(CC)COC(=O)C(C)CC[N+](C)(C)Cc2ccccc2)cc1. The Hall–Kier alpha value is -2.33. The molecule has 0 aliphatic rings. The van der Waals surface area contributed by atoms with Gasteiger partial charge in [0.2, 0.25) is 0 Å². The Labute approximate surface area is 246 Å². The molecule has 0 saturated carbocycles. The average Bonchev–Trinajstić information content (AvgIpc) is 2.95. The van der Waals surface area contributed by atoms with Gasteiger partial charge >= 0.3 is 5.97 Å². The van der Waals surface area contributed by atoms with Gasteiger partial charge in [-0.25, -0.2) is 0 Å². The van der Waals surface area contributed by atoms with Crippen LogP contribution in [0.3, 0.4) is 0 Å². The van der Waals surface area contributed by atoms with E-state index in [1.54, 1.807) is 0 Å². The minimum Gasteiger partial charge on any atom is -0.487 e. The van der Waals surface area contributed by atoms with E-state index in [1.807, 2.05) is 13.0 Å². The standard InChI is InChI=1S/C36H58NO3/c1-6-8-9-10-11-12-13-14-15-17-20-32-23-25-35(26-24-32)40-34(7-2)30-39-36(38)31(3)27-28-37(4,5)29-33-21-18-16-19-22-33/h16,18-19,21-26,31,34H,6-15,17,20,27-30H2,1-5H3/q+1. The van der Waals surface area contributed by atoms with Gasteiger partial charge in [-0.1, -0.05) is 121 Å². The zero-order chi connectivity index (χ0) is 29.1. The second-order valence-corrected chi connectivity index (χ2v) is 12.3. The molecule has 0 aliphatic carbocycles. The number of hydrogen-bond acceptors (Lipinski definition) is 3. The second kappa shape index (κ2) is 19.7. The fourth-order valence-corrected chi connectivity index (χ4v) is 5.11. The van der Waals surface area contributed by atoms with E-state index in [1.165, 1.54) is 75.3 Å². The molecule has 0 bridgehead atoms. The zero-order valence-corrected chi connectivity index (χ0v) is 26.3. The van der Waals surface area contributed by atoms with Gasteiger partial charge in [-0.3, -0.25) is 4.79 Å². The minimum absolute atomic E-state index is 0.129. The Bertz CT molecular complexity index is 909. The van der Waals surface area contributed by atoms with Gasteiger partial charge < -0.3 is 14.0 Å². The highest BCUT2D eigenvalue weighted by Crippen LogP contribution is 2.19. The average molecular weight is 553 g/mol. The van der Waals surface area contributed by atoms with Crippen LogP contribution >= 0.6 is 0 Å². The molecule has 224 valence electrons. The summed E-state index contributed by atoms with van der Waals surface area (Å²) in [7, 11) is 4.43. The number of benzene rings is 2. The number of rotatable bonds is 22. The molecule has 2 unspecified atom stereocenters. The van der Waals surface area contributed by atoms with Crippen molar-refractivity contribution in [3.63, 3.8) is 0 Å². The molecule has 0 spiro atoms. The zero-order valence-electron chi connectivity index (χ0n) is 26.3. The Morgan fingerprint density at radius 1 is 0.775 bits per heavy atom. The Morgan fingerprint density at radius 3 is 1.98 bits per heavy atom. The molecule has 4 nitrogen and oxygen atoms in total. The molecule has 0 amide bonds. The Balaban J connectivity index is 1.62. The quantitative estimate of drug-likeness (QED) is 0.0830. The molecule has 0 aromatic heterocycles. The third kappa shape index (κ3) is 14.9. The third-order valence-corrected chi connectivity index (χ3v) is 7.94. The van der Waals surface area contributed by atoms with Crippen LogP contribution in [0.5, 0.6) is 5.75 Å². The van der Waals surface area contributed by atoms with Gasteiger partial charge in [0, 0.05) is 12.0 Å². The third-order valence-electron chi connectivity index (χ3n) is 7.94. The van der Waals surface area contributed by atoms with Crippen LogP contribution in [0.15, 0.2) is 54.6 Å². The predicted molar refractivity (Wildman–Crippen MR) is 169 cm³/mol. The van der Waals surface area contributed by atoms with E-state index in [9.17, 15) is 4.79 Å². The van der Waals surface area contributed by atoms with Crippen molar-refractivity contribution in [3.8, 4) is 5.75 Å². The molecule has 0 heterocycles. The highest BCUT2D eigenvalue weighted by Gasteiger charge is 2.22. The van der Waals surface area contributed by atoms with Crippen LogP contribution in [0.1, 0.15) is 109 Å². The van der Waals surface area contributed by atoms with E-state index < -0.39 is 0 Å². The van der Waals surface area contributed by atoms with Crippen molar-refractivity contribution in [2.45, 2.75) is 117 Å². The van der Waals surface area contributed by atoms with Gasteiger partial charge in [0.1, 0.15) is 25.0 Å². The first-order valence-electron chi connectivity index (χ1n) is 16.1. The Morgan fingerprint density at radius 2 is 1.38 bits per heavy atom. The first-order chi connectivity index (χ1) is 19.3. The molecule has 0 fully saturated rings. The summed E-state index contributed by atoms with van der Waals surface area (Å²) in [6.07, 6.45) is 16.3. The van der Waals surface area contributed by atoms with E-state index in [0.717, 1.165) is 42.6 Å². The highest BCUT2D eigenvalue weighted by atomic mass is 16.6. The fourth-order valence-electron chi connectivity index (χ4n) is 5.11. The molecule has 2 aromatic rings. The first kappa shape index (κ1) is 33.9. The lowest BCUT2D eigenvalue weighted by Gasteiger charge is -2.30. The summed E-state index contributed by atoms with van der Waals surface area (Å²) >= 11 is 0. The summed E-state index contributed by atoms with van der Waals surface area (Å²) in [5, 5.41) is 0. The van der Waals surface area contributed by atoms with Crippen molar-refractivity contribution in [2.24, 2.45) is 5.92 Å². The number of nitrogens with zero attached hydrogens (tertiary/aromatic N) is 1. The topological polar surface area (TPSA) is 35.5 Å². The number of ether oxygens (including phenoxy) is 2. The molecular formula is C36H58NO3+. The van der Waals surface area contributed by atoms with Crippen LogP contribution in [-0.4, -0.2) is 43.8 Å². The summed E-state index contributed by atoms with van der Waals surface area (Å²) in [5.41, 5.74) is 2.69.